The Morgan fingerprint density at radius 1 is 0.596 bits per heavy atom. The fourth-order valence-corrected chi connectivity index (χ4v) is 6.21. The Kier molecular flexibility index (Phi) is 34.6. The Morgan fingerprint density at radius 3 is 1.56 bits per heavy atom. The number of phosphoric acid groups is 1. The van der Waals surface area contributed by atoms with E-state index < -0.39 is 51.1 Å². The first kappa shape index (κ1) is 50.0. The smallest absolute Gasteiger partial charge is 0.472 e. The van der Waals surface area contributed by atoms with E-state index in [4.69, 9.17) is 24.8 Å². The molecule has 11 nitrogen and oxygen atoms in total. The minimum atomic E-state index is -4.71. The molecule has 4 N–H and O–H groups in total. The van der Waals surface area contributed by atoms with Gasteiger partial charge in [-0.3, -0.25) is 23.4 Å². The number of allylic oxidation sites excluding steroid dienone is 4. The van der Waals surface area contributed by atoms with Crippen LogP contribution in [0.3, 0.4) is 0 Å². The molecule has 0 bridgehead atoms. The molecule has 0 aliphatic heterocycles. The molecule has 1 unspecified atom stereocenters. The number of aliphatic carboxylic acids is 1. The number of carboxylic acids is 1. The number of hydrogen-bond donors (Lipinski definition) is 3. The largest absolute Gasteiger partial charge is 0.480 e. The number of nitrogens with two attached hydrogens (primary N) is 1. The standard InChI is InChI=1S/C40H74NO10P/c1-3-5-7-9-11-13-15-17-19-21-23-25-27-29-31-38(42)48-33-36(34-49-52(46,47)50-35-37(41)40(44)45)51-39(43)32-30-28-26-24-22-20-18-16-14-12-10-8-6-4-2/h9,11,15,17,36-37H,3-8,10,12-14,16,18-35,41H2,1-2H3,(H,44,45)(H,46,47)/b11-9-,17-15-/t36-,37+/m1/s1. The lowest BCUT2D eigenvalue weighted by Gasteiger charge is -2.20. The second-order valence-electron chi connectivity index (χ2n) is 13.8. The van der Waals surface area contributed by atoms with Crippen molar-refractivity contribution >= 4 is 25.7 Å². The van der Waals surface area contributed by atoms with Crippen LogP contribution in [0.2, 0.25) is 0 Å². The van der Waals surface area contributed by atoms with Crippen LogP contribution in [0.25, 0.3) is 0 Å². The molecule has 304 valence electrons. The van der Waals surface area contributed by atoms with E-state index in [0.717, 1.165) is 64.2 Å². The summed E-state index contributed by atoms with van der Waals surface area (Å²) < 4.78 is 32.6. The van der Waals surface area contributed by atoms with Gasteiger partial charge in [0.1, 0.15) is 12.6 Å². The number of carboxylic acid groups (broad SMARTS) is 1. The molecule has 0 rings (SSSR count). The van der Waals surface area contributed by atoms with Crippen molar-refractivity contribution in [2.75, 3.05) is 19.8 Å². The van der Waals surface area contributed by atoms with Gasteiger partial charge in [-0.05, 0) is 38.5 Å². The van der Waals surface area contributed by atoms with E-state index in [1.54, 1.807) is 0 Å². The molecule has 3 atom stereocenters. The maximum Gasteiger partial charge on any atom is 0.472 e. The molecule has 0 amide bonds. The van der Waals surface area contributed by atoms with E-state index in [1.165, 1.54) is 77.0 Å². The molecule has 12 heteroatoms. The number of carbonyl (C=O) groups is 3. The number of hydrogen-bond acceptors (Lipinski definition) is 9. The van der Waals surface area contributed by atoms with E-state index >= 15 is 0 Å². The molecule has 0 saturated heterocycles. The third-order valence-corrected chi connectivity index (χ3v) is 9.65. The third-order valence-electron chi connectivity index (χ3n) is 8.70. The summed E-state index contributed by atoms with van der Waals surface area (Å²) in [6.07, 6.45) is 35.2. The summed E-state index contributed by atoms with van der Waals surface area (Å²) in [7, 11) is -4.71. The molecule has 0 spiro atoms. The van der Waals surface area contributed by atoms with E-state index in [2.05, 4.69) is 42.7 Å². The predicted molar refractivity (Wildman–Crippen MR) is 208 cm³/mol. The maximum absolute atomic E-state index is 12.6. The van der Waals surface area contributed by atoms with Crippen molar-refractivity contribution < 1.29 is 47.5 Å². The SMILES string of the molecule is CCCC/C=C\C/C=C\CCCCCCCC(=O)OC[C@H](COP(=O)(O)OC[C@H](N)C(=O)O)OC(=O)CCCCCCCCCCCCCCCC. The van der Waals surface area contributed by atoms with Crippen LogP contribution < -0.4 is 5.73 Å². The fourth-order valence-electron chi connectivity index (χ4n) is 5.43. The van der Waals surface area contributed by atoms with Gasteiger partial charge in [0.05, 0.1) is 13.2 Å². The van der Waals surface area contributed by atoms with E-state index in [9.17, 15) is 23.8 Å². The molecule has 0 aliphatic carbocycles. The molecule has 0 heterocycles. The maximum atomic E-state index is 12.6. The van der Waals surface area contributed by atoms with Gasteiger partial charge in [-0.1, -0.05) is 154 Å². The van der Waals surface area contributed by atoms with Crippen LogP contribution in [0.4, 0.5) is 0 Å². The van der Waals surface area contributed by atoms with Crippen LogP contribution >= 0.6 is 7.82 Å². The third kappa shape index (κ3) is 35.0. The zero-order chi connectivity index (χ0) is 38.5. The van der Waals surface area contributed by atoms with Crippen LogP contribution in [0, 0.1) is 0 Å². The van der Waals surface area contributed by atoms with Crippen LogP contribution in [0.1, 0.15) is 181 Å². The van der Waals surface area contributed by atoms with Gasteiger partial charge in [-0.25, -0.2) is 4.57 Å². The lowest BCUT2D eigenvalue weighted by Crippen LogP contribution is -2.34. The summed E-state index contributed by atoms with van der Waals surface area (Å²) >= 11 is 0. The summed E-state index contributed by atoms with van der Waals surface area (Å²) in [5, 5.41) is 8.87. The average Bonchev–Trinajstić information content (AvgIpc) is 3.12. The highest BCUT2D eigenvalue weighted by Crippen LogP contribution is 2.43. The Hall–Kier alpha value is -2.04. The molecular formula is C40H74NO10P. The fraction of sp³-hybridized carbons (Fsp3) is 0.825. The Balaban J connectivity index is 4.41. The predicted octanol–water partition coefficient (Wildman–Crippen LogP) is 10.3. The normalized spacial score (nSPS) is 14.1. The second kappa shape index (κ2) is 36.0. The number of esters is 2. The summed E-state index contributed by atoms with van der Waals surface area (Å²) in [6.45, 7) is 2.74. The second-order valence-corrected chi connectivity index (χ2v) is 15.2. The highest BCUT2D eigenvalue weighted by Gasteiger charge is 2.28. The van der Waals surface area contributed by atoms with Gasteiger partial charge in [0.15, 0.2) is 6.10 Å². The van der Waals surface area contributed by atoms with Crippen LogP contribution in [-0.4, -0.2) is 59.9 Å². The minimum absolute atomic E-state index is 0.162. The van der Waals surface area contributed by atoms with Crippen LogP contribution in [0.5, 0.6) is 0 Å². The van der Waals surface area contributed by atoms with Crippen LogP contribution in [-0.2, 0) is 37.5 Å². The van der Waals surface area contributed by atoms with E-state index in [-0.39, 0.29) is 19.4 Å². The summed E-state index contributed by atoms with van der Waals surface area (Å²) in [5.41, 5.74) is 5.32. The van der Waals surface area contributed by atoms with Gasteiger partial charge in [-0.15, -0.1) is 0 Å². The number of unbranched alkanes of at least 4 members (excludes halogenated alkanes) is 20. The summed E-state index contributed by atoms with van der Waals surface area (Å²) in [4.78, 5) is 45.8. The van der Waals surface area contributed by atoms with Crippen molar-refractivity contribution in [1.82, 2.24) is 0 Å². The topological polar surface area (TPSA) is 172 Å². The van der Waals surface area contributed by atoms with Crippen molar-refractivity contribution in [2.45, 2.75) is 193 Å². The number of phosphoric ester groups is 1. The van der Waals surface area contributed by atoms with E-state index in [0.29, 0.717) is 12.8 Å². The monoisotopic (exact) mass is 760 g/mol. The number of carbonyl (C=O) groups excluding carboxylic acids is 2. The molecule has 52 heavy (non-hydrogen) atoms. The van der Waals surface area contributed by atoms with Gasteiger partial charge in [0.25, 0.3) is 0 Å². The molecule has 0 radical (unpaired) electrons. The van der Waals surface area contributed by atoms with Gasteiger partial charge in [0, 0.05) is 12.8 Å². The molecule has 0 aromatic heterocycles. The Bertz CT molecular complexity index is 989. The highest BCUT2D eigenvalue weighted by molar-refractivity contribution is 7.47. The Morgan fingerprint density at radius 2 is 1.04 bits per heavy atom. The molecule has 0 saturated carbocycles. The van der Waals surface area contributed by atoms with Crippen molar-refractivity contribution in [3.8, 4) is 0 Å². The molecule has 0 fully saturated rings. The zero-order valence-corrected chi connectivity index (χ0v) is 33.5. The Labute approximate surface area is 315 Å². The summed E-state index contributed by atoms with van der Waals surface area (Å²) in [5.74, 6) is -2.39. The van der Waals surface area contributed by atoms with Gasteiger partial charge < -0.3 is 25.2 Å². The highest BCUT2D eigenvalue weighted by atomic mass is 31.2. The van der Waals surface area contributed by atoms with Crippen molar-refractivity contribution in [3.63, 3.8) is 0 Å². The lowest BCUT2D eigenvalue weighted by molar-refractivity contribution is -0.161. The summed E-state index contributed by atoms with van der Waals surface area (Å²) in [6, 6.07) is -1.52. The number of rotatable bonds is 38. The van der Waals surface area contributed by atoms with Gasteiger partial charge >= 0.3 is 25.7 Å². The van der Waals surface area contributed by atoms with Gasteiger partial charge in [-0.2, -0.15) is 0 Å². The van der Waals surface area contributed by atoms with Crippen LogP contribution in [0.15, 0.2) is 24.3 Å². The molecular weight excluding hydrogens is 685 g/mol. The van der Waals surface area contributed by atoms with Crippen molar-refractivity contribution in [3.05, 3.63) is 24.3 Å². The minimum Gasteiger partial charge on any atom is -0.480 e. The molecule has 0 aliphatic rings. The zero-order valence-electron chi connectivity index (χ0n) is 32.7. The molecule has 0 aromatic carbocycles. The van der Waals surface area contributed by atoms with Crippen molar-refractivity contribution in [1.29, 1.82) is 0 Å². The van der Waals surface area contributed by atoms with Crippen molar-refractivity contribution in [2.24, 2.45) is 5.73 Å². The number of ether oxygens (including phenoxy) is 2. The quantitative estimate of drug-likeness (QED) is 0.0237. The van der Waals surface area contributed by atoms with Gasteiger partial charge in [0.2, 0.25) is 0 Å². The average molecular weight is 760 g/mol. The first-order valence-electron chi connectivity index (χ1n) is 20.4. The lowest BCUT2D eigenvalue weighted by atomic mass is 10.0. The molecule has 0 aromatic rings. The first-order valence-corrected chi connectivity index (χ1v) is 21.9. The first-order chi connectivity index (χ1) is 25.1. The van der Waals surface area contributed by atoms with E-state index in [1.807, 2.05) is 0 Å².